The fourth-order valence-corrected chi connectivity index (χ4v) is 3.62. The molecule has 4 rings (SSSR count). The predicted octanol–water partition coefficient (Wildman–Crippen LogP) is 3.85. The molecule has 1 aliphatic heterocycles. The summed E-state index contributed by atoms with van der Waals surface area (Å²) in [6.45, 7) is 3.84. The minimum absolute atomic E-state index is 0.0669. The van der Waals surface area contributed by atoms with E-state index >= 15 is 0 Å². The topological polar surface area (TPSA) is 116 Å². The molecule has 4 N–H and O–H groups in total. The summed E-state index contributed by atoms with van der Waals surface area (Å²) in [6, 6.07) is 12.5. The number of carbonyl (C=O) groups is 2. The first-order chi connectivity index (χ1) is 14.8. The summed E-state index contributed by atoms with van der Waals surface area (Å²) >= 11 is 5.89. The zero-order valence-electron chi connectivity index (χ0n) is 16.9. The fraction of sp³-hybridized carbons (Fsp3) is 0.182. The zero-order chi connectivity index (χ0) is 22.1. The van der Waals surface area contributed by atoms with E-state index in [4.69, 9.17) is 11.6 Å². The molecule has 158 valence electrons. The number of aromatic nitrogens is 2. The van der Waals surface area contributed by atoms with Gasteiger partial charge in [0.05, 0.1) is 11.5 Å². The van der Waals surface area contributed by atoms with E-state index in [0.29, 0.717) is 16.4 Å². The highest BCUT2D eigenvalue weighted by atomic mass is 35.5. The van der Waals surface area contributed by atoms with E-state index in [9.17, 15) is 14.4 Å². The minimum Gasteiger partial charge on any atom is -0.326 e. The van der Waals surface area contributed by atoms with Crippen LogP contribution in [0, 0.1) is 13.8 Å². The second-order valence-electron chi connectivity index (χ2n) is 7.42. The van der Waals surface area contributed by atoms with E-state index in [1.165, 1.54) is 0 Å². The van der Waals surface area contributed by atoms with Crippen molar-refractivity contribution < 1.29 is 9.59 Å². The van der Waals surface area contributed by atoms with Gasteiger partial charge in [-0.05, 0) is 49.7 Å². The van der Waals surface area contributed by atoms with Crippen LogP contribution in [0.1, 0.15) is 29.0 Å². The molecule has 1 aliphatic rings. The number of aryl methyl sites for hydroxylation is 2. The molecule has 2 aromatic carbocycles. The van der Waals surface area contributed by atoms with Crippen LogP contribution >= 0.6 is 11.6 Å². The quantitative estimate of drug-likeness (QED) is 0.494. The van der Waals surface area contributed by atoms with Crippen molar-refractivity contribution in [2.24, 2.45) is 0 Å². The van der Waals surface area contributed by atoms with E-state index in [1.54, 1.807) is 30.3 Å². The molecule has 2 heterocycles. The van der Waals surface area contributed by atoms with Crippen molar-refractivity contribution in [2.75, 3.05) is 16.0 Å². The number of hydrogen-bond acceptors (Lipinski definition) is 5. The average Bonchev–Trinajstić information content (AvgIpc) is 2.71. The summed E-state index contributed by atoms with van der Waals surface area (Å²) in [5.74, 6) is -1.57. The number of H-pyrrole nitrogens is 1. The van der Waals surface area contributed by atoms with Crippen molar-refractivity contribution in [1.29, 1.82) is 0 Å². The highest BCUT2D eigenvalue weighted by Crippen LogP contribution is 2.30. The Morgan fingerprint density at radius 1 is 1.13 bits per heavy atom. The highest BCUT2D eigenvalue weighted by molar-refractivity contribution is 6.30. The first kappa shape index (κ1) is 20.6. The Bertz CT molecular complexity index is 1240. The van der Waals surface area contributed by atoms with Crippen molar-refractivity contribution in [2.45, 2.75) is 26.2 Å². The first-order valence-corrected chi connectivity index (χ1v) is 10.0. The summed E-state index contributed by atoms with van der Waals surface area (Å²) in [7, 11) is 0. The molecule has 0 aliphatic carbocycles. The SMILES string of the molecule is Cc1ccc(NC(=O)C2CC(=O)Nc3nc(Nc4ccc(Cl)cc4)[nH]c(=O)c32)c(C)c1. The van der Waals surface area contributed by atoms with E-state index in [-0.39, 0.29) is 29.7 Å². The smallest absolute Gasteiger partial charge is 0.258 e. The van der Waals surface area contributed by atoms with Gasteiger partial charge in [-0.25, -0.2) is 0 Å². The molecule has 0 saturated carbocycles. The van der Waals surface area contributed by atoms with Crippen molar-refractivity contribution in [3.8, 4) is 0 Å². The van der Waals surface area contributed by atoms with Gasteiger partial charge < -0.3 is 16.0 Å². The van der Waals surface area contributed by atoms with Gasteiger partial charge in [-0.1, -0.05) is 29.3 Å². The monoisotopic (exact) mass is 437 g/mol. The molecule has 0 radical (unpaired) electrons. The number of aromatic amines is 1. The second-order valence-corrected chi connectivity index (χ2v) is 7.86. The Balaban J connectivity index is 1.64. The normalized spacial score (nSPS) is 15.1. The lowest BCUT2D eigenvalue weighted by Crippen LogP contribution is -2.36. The Hall–Kier alpha value is -3.65. The average molecular weight is 438 g/mol. The lowest BCUT2D eigenvalue weighted by molar-refractivity contribution is -0.123. The molecule has 9 heteroatoms. The summed E-state index contributed by atoms with van der Waals surface area (Å²) in [5, 5.41) is 8.95. The number of carbonyl (C=O) groups excluding carboxylic acids is 2. The maximum absolute atomic E-state index is 13.0. The molecule has 1 unspecified atom stereocenters. The molecule has 0 saturated heterocycles. The molecule has 0 spiro atoms. The Morgan fingerprint density at radius 2 is 1.87 bits per heavy atom. The number of fused-ring (bicyclic) bond motifs is 1. The summed E-state index contributed by atoms with van der Waals surface area (Å²) in [6.07, 6.45) is -0.140. The lowest BCUT2D eigenvalue weighted by Gasteiger charge is -2.24. The molecule has 3 aromatic rings. The number of amides is 2. The summed E-state index contributed by atoms with van der Waals surface area (Å²) in [4.78, 5) is 45.0. The Labute approximate surface area is 183 Å². The van der Waals surface area contributed by atoms with Crippen LogP contribution in [0.2, 0.25) is 5.02 Å². The van der Waals surface area contributed by atoms with Crippen LogP contribution in [0.25, 0.3) is 0 Å². The molecule has 0 bridgehead atoms. The first-order valence-electron chi connectivity index (χ1n) is 9.65. The molecular formula is C22H20ClN5O3. The third kappa shape index (κ3) is 4.44. The van der Waals surface area contributed by atoms with Gasteiger partial charge in [-0.15, -0.1) is 0 Å². The maximum atomic E-state index is 13.0. The van der Waals surface area contributed by atoms with Gasteiger partial charge in [-0.3, -0.25) is 19.4 Å². The number of nitrogens with zero attached hydrogens (tertiary/aromatic N) is 1. The molecule has 1 aromatic heterocycles. The van der Waals surface area contributed by atoms with Crippen LogP contribution in [-0.2, 0) is 9.59 Å². The molecule has 2 amide bonds. The van der Waals surface area contributed by atoms with E-state index in [2.05, 4.69) is 25.9 Å². The van der Waals surface area contributed by atoms with Gasteiger partial charge in [0.15, 0.2) is 0 Å². The second kappa shape index (κ2) is 8.23. The number of halogens is 1. The maximum Gasteiger partial charge on any atom is 0.258 e. The van der Waals surface area contributed by atoms with Crippen LogP contribution in [0.4, 0.5) is 23.1 Å². The third-order valence-electron chi connectivity index (χ3n) is 5.01. The fourth-order valence-electron chi connectivity index (χ4n) is 3.50. The van der Waals surface area contributed by atoms with Gasteiger partial charge in [0, 0.05) is 22.8 Å². The van der Waals surface area contributed by atoms with Crippen molar-refractivity contribution in [1.82, 2.24) is 9.97 Å². The third-order valence-corrected chi connectivity index (χ3v) is 5.27. The van der Waals surface area contributed by atoms with E-state index in [1.807, 2.05) is 26.0 Å². The van der Waals surface area contributed by atoms with Crippen LogP contribution < -0.4 is 21.5 Å². The van der Waals surface area contributed by atoms with Crippen LogP contribution in [0.15, 0.2) is 47.3 Å². The summed E-state index contributed by atoms with van der Waals surface area (Å²) < 4.78 is 0. The number of hydrogen-bond donors (Lipinski definition) is 4. The van der Waals surface area contributed by atoms with Crippen molar-refractivity contribution >= 4 is 46.6 Å². The number of anilines is 4. The lowest BCUT2D eigenvalue weighted by atomic mass is 9.92. The molecule has 0 fully saturated rings. The molecular weight excluding hydrogens is 418 g/mol. The van der Waals surface area contributed by atoms with Crippen LogP contribution in [0.3, 0.4) is 0 Å². The van der Waals surface area contributed by atoms with Crippen LogP contribution in [0.5, 0.6) is 0 Å². The Kier molecular flexibility index (Phi) is 5.48. The standard InChI is InChI=1S/C22H20ClN5O3/c1-11-3-8-16(12(2)9-11)25-20(30)15-10-17(29)26-19-18(15)21(31)28-22(27-19)24-14-6-4-13(23)5-7-14/h3-9,15H,10H2,1-2H3,(H,25,30)(H3,24,26,27,28,29,31). The number of rotatable bonds is 4. The zero-order valence-corrected chi connectivity index (χ0v) is 17.6. The van der Waals surface area contributed by atoms with Crippen molar-refractivity contribution in [3.63, 3.8) is 0 Å². The molecule has 31 heavy (non-hydrogen) atoms. The van der Waals surface area contributed by atoms with Gasteiger partial charge in [0.1, 0.15) is 5.82 Å². The van der Waals surface area contributed by atoms with Gasteiger partial charge in [-0.2, -0.15) is 4.98 Å². The molecule has 1 atom stereocenters. The minimum atomic E-state index is -0.953. The molecule has 8 nitrogen and oxygen atoms in total. The van der Waals surface area contributed by atoms with E-state index in [0.717, 1.165) is 11.1 Å². The number of nitrogens with one attached hydrogen (secondary N) is 4. The van der Waals surface area contributed by atoms with Crippen LogP contribution in [-0.4, -0.2) is 21.8 Å². The van der Waals surface area contributed by atoms with Gasteiger partial charge in [0.25, 0.3) is 5.56 Å². The largest absolute Gasteiger partial charge is 0.326 e. The predicted molar refractivity (Wildman–Crippen MR) is 120 cm³/mol. The van der Waals surface area contributed by atoms with Crippen molar-refractivity contribution in [3.05, 3.63) is 74.5 Å². The van der Waals surface area contributed by atoms with E-state index < -0.39 is 17.4 Å². The summed E-state index contributed by atoms with van der Waals surface area (Å²) in [5.41, 5.74) is 2.88. The Morgan fingerprint density at radius 3 is 2.58 bits per heavy atom. The van der Waals surface area contributed by atoms with Gasteiger partial charge >= 0.3 is 0 Å². The van der Waals surface area contributed by atoms with Gasteiger partial charge in [0.2, 0.25) is 17.8 Å². The number of benzene rings is 2. The highest BCUT2D eigenvalue weighted by Gasteiger charge is 2.35.